The van der Waals surface area contributed by atoms with Gasteiger partial charge in [0.1, 0.15) is 0 Å². The van der Waals surface area contributed by atoms with Crippen LogP contribution < -0.4 is 10.9 Å². The van der Waals surface area contributed by atoms with Crippen LogP contribution in [0.2, 0.25) is 0 Å². The molecule has 1 aromatic carbocycles. The molecular formula is C8H6O3. The lowest BCUT2D eigenvalue weighted by molar-refractivity contribution is 0.453. The minimum atomic E-state index is -0.794. The zero-order chi connectivity index (χ0) is 8.43. The topological polar surface area (TPSA) is 54.4 Å². The molecule has 0 saturated heterocycles. The Morgan fingerprint density at radius 2 is 2.00 bits per heavy atom. The normalized spacial score (nSPS) is 9.73. The molecular weight excluding hydrogens is 144 g/mol. The Morgan fingerprint density at radius 1 is 1.36 bits per heavy atom. The molecule has 56 valence electrons. The van der Waals surface area contributed by atoms with Crippen LogP contribution >= 0.6 is 0 Å². The Bertz CT molecular complexity index is 374. The summed E-state index contributed by atoms with van der Waals surface area (Å²) in [6.07, 6.45) is 5.60. The Hall–Kier alpha value is -1.56. The number of terminal acetylenes is 1. The number of rotatable bonds is 2. The van der Waals surface area contributed by atoms with E-state index >= 15 is 0 Å². The molecule has 11 heavy (non-hydrogen) atoms. The molecule has 0 amide bonds. The highest BCUT2D eigenvalue weighted by Crippen LogP contribution is 2.09. The number of hydrogen-bond donors (Lipinski definition) is 1. The van der Waals surface area contributed by atoms with Gasteiger partial charge in [-0.1, -0.05) is 0 Å². The number of aromatic hydroxyl groups is 1. The molecule has 1 N–H and O–H groups in total. The van der Waals surface area contributed by atoms with Gasteiger partial charge in [-0.05, 0) is 6.42 Å². The van der Waals surface area contributed by atoms with E-state index in [1.165, 1.54) is 0 Å². The maximum absolute atomic E-state index is 10.6. The maximum atomic E-state index is 10.6. The van der Waals surface area contributed by atoms with Crippen LogP contribution in [0.3, 0.4) is 0 Å². The van der Waals surface area contributed by atoms with E-state index in [1.807, 2.05) is 0 Å². The van der Waals surface area contributed by atoms with Gasteiger partial charge < -0.3 is 5.11 Å². The van der Waals surface area contributed by atoms with Crippen molar-refractivity contribution in [2.24, 2.45) is 0 Å². The fourth-order valence-corrected chi connectivity index (χ4v) is 0.856. The van der Waals surface area contributed by atoms with E-state index in [-0.39, 0.29) is 5.56 Å². The third-order valence-electron chi connectivity index (χ3n) is 1.50. The van der Waals surface area contributed by atoms with Crippen molar-refractivity contribution in [3.8, 4) is 18.1 Å². The van der Waals surface area contributed by atoms with E-state index in [4.69, 9.17) is 11.5 Å². The van der Waals surface area contributed by atoms with E-state index in [2.05, 4.69) is 5.92 Å². The molecule has 3 heteroatoms. The summed E-state index contributed by atoms with van der Waals surface area (Å²) >= 11 is 0. The van der Waals surface area contributed by atoms with Crippen molar-refractivity contribution in [1.29, 1.82) is 0 Å². The highest BCUT2D eigenvalue weighted by Gasteiger charge is 2.18. The molecule has 0 bridgehead atoms. The van der Waals surface area contributed by atoms with E-state index in [0.29, 0.717) is 12.8 Å². The summed E-state index contributed by atoms with van der Waals surface area (Å²) in [6.45, 7) is 0. The molecule has 0 aliphatic carbocycles. The lowest BCUT2D eigenvalue weighted by atomic mass is 10.0. The van der Waals surface area contributed by atoms with E-state index < -0.39 is 16.6 Å². The monoisotopic (exact) mass is 150 g/mol. The molecule has 0 aliphatic rings. The van der Waals surface area contributed by atoms with Crippen LogP contribution in [-0.2, 0) is 6.42 Å². The third-order valence-corrected chi connectivity index (χ3v) is 1.50. The van der Waals surface area contributed by atoms with Crippen LogP contribution in [0.25, 0.3) is 0 Å². The zero-order valence-electron chi connectivity index (χ0n) is 5.76. The summed E-state index contributed by atoms with van der Waals surface area (Å²) in [5.41, 5.74) is -1.22. The van der Waals surface area contributed by atoms with Crippen LogP contribution in [0, 0.1) is 12.3 Å². The standard InChI is InChI=1S/C8H6O3/c1-2-3-4-5-6(9)8(11)7(5)10/h1,9H,3-4H2. The van der Waals surface area contributed by atoms with Gasteiger partial charge in [-0.25, -0.2) is 0 Å². The fraction of sp³-hybridized carbons (Fsp3) is 0.250. The molecule has 0 aliphatic heterocycles. The molecule has 0 atom stereocenters. The lowest BCUT2D eigenvalue weighted by Gasteiger charge is -2.01. The molecule has 0 heterocycles. The second-order valence-corrected chi connectivity index (χ2v) is 2.19. The first kappa shape index (κ1) is 7.55. The summed E-state index contributed by atoms with van der Waals surface area (Å²) in [5, 5.41) is 8.81. The van der Waals surface area contributed by atoms with Crippen LogP contribution in [0.4, 0.5) is 0 Å². The van der Waals surface area contributed by atoms with Crippen molar-refractivity contribution < 1.29 is 5.11 Å². The van der Waals surface area contributed by atoms with Crippen molar-refractivity contribution in [2.45, 2.75) is 12.8 Å². The predicted molar refractivity (Wildman–Crippen MR) is 40.2 cm³/mol. The summed E-state index contributed by atoms with van der Waals surface area (Å²) in [7, 11) is 0. The Labute approximate surface area is 63.0 Å². The molecule has 1 aromatic rings. The molecule has 0 radical (unpaired) electrons. The average molecular weight is 150 g/mol. The average Bonchev–Trinajstić information content (AvgIpc) is 2.04. The van der Waals surface area contributed by atoms with Crippen molar-refractivity contribution in [3.63, 3.8) is 0 Å². The quantitative estimate of drug-likeness (QED) is 0.459. The van der Waals surface area contributed by atoms with Gasteiger partial charge in [0, 0.05) is 6.42 Å². The minimum absolute atomic E-state index is 0.174. The SMILES string of the molecule is C#CCCc1c(O)c(=O)c1=O. The van der Waals surface area contributed by atoms with Gasteiger partial charge in [0.15, 0.2) is 5.75 Å². The smallest absolute Gasteiger partial charge is 0.267 e. The molecule has 1 rings (SSSR count). The van der Waals surface area contributed by atoms with Gasteiger partial charge >= 0.3 is 0 Å². The van der Waals surface area contributed by atoms with Crippen molar-refractivity contribution in [3.05, 3.63) is 26.0 Å². The molecule has 0 saturated carbocycles. The molecule has 0 unspecified atom stereocenters. The lowest BCUT2D eigenvalue weighted by Crippen LogP contribution is -2.34. The van der Waals surface area contributed by atoms with Gasteiger partial charge in [-0.15, -0.1) is 12.3 Å². The second kappa shape index (κ2) is 2.59. The fourth-order valence-electron chi connectivity index (χ4n) is 0.856. The first-order valence-corrected chi connectivity index (χ1v) is 3.13. The predicted octanol–water partition coefficient (Wildman–Crippen LogP) is -0.446. The maximum Gasteiger partial charge on any atom is 0.267 e. The van der Waals surface area contributed by atoms with Crippen LogP contribution in [0.15, 0.2) is 9.59 Å². The van der Waals surface area contributed by atoms with Crippen molar-refractivity contribution in [2.75, 3.05) is 0 Å². The van der Waals surface area contributed by atoms with Gasteiger partial charge in [0.25, 0.3) is 5.43 Å². The Kier molecular flexibility index (Phi) is 1.77. The zero-order valence-corrected chi connectivity index (χ0v) is 5.76. The van der Waals surface area contributed by atoms with Gasteiger partial charge in [-0.2, -0.15) is 0 Å². The first-order chi connectivity index (χ1) is 5.18. The second-order valence-electron chi connectivity index (χ2n) is 2.19. The summed E-state index contributed by atoms with van der Waals surface area (Å²) < 4.78 is 0. The van der Waals surface area contributed by atoms with Gasteiger partial charge in [0.2, 0.25) is 5.43 Å². The molecule has 0 spiro atoms. The summed E-state index contributed by atoms with van der Waals surface area (Å²) in [4.78, 5) is 21.1. The van der Waals surface area contributed by atoms with E-state index in [0.717, 1.165) is 0 Å². The summed E-state index contributed by atoms with van der Waals surface area (Å²) in [5.74, 6) is 1.90. The van der Waals surface area contributed by atoms with E-state index in [9.17, 15) is 9.59 Å². The van der Waals surface area contributed by atoms with Crippen molar-refractivity contribution >= 4 is 0 Å². The van der Waals surface area contributed by atoms with Crippen molar-refractivity contribution in [1.82, 2.24) is 0 Å². The highest BCUT2D eigenvalue weighted by molar-refractivity contribution is 5.38. The largest absolute Gasteiger partial charge is 0.504 e. The third kappa shape index (κ3) is 1.03. The van der Waals surface area contributed by atoms with Crippen LogP contribution in [0.5, 0.6) is 5.75 Å². The molecule has 0 aromatic heterocycles. The Balaban J connectivity index is 2.85. The molecule has 3 nitrogen and oxygen atoms in total. The molecule has 0 fully saturated rings. The number of hydrogen-bond acceptors (Lipinski definition) is 3. The first-order valence-electron chi connectivity index (χ1n) is 3.13. The van der Waals surface area contributed by atoms with Gasteiger partial charge in [0.05, 0.1) is 5.56 Å². The van der Waals surface area contributed by atoms with Gasteiger partial charge in [-0.3, -0.25) is 9.59 Å². The van der Waals surface area contributed by atoms with Crippen LogP contribution in [0.1, 0.15) is 12.0 Å². The minimum Gasteiger partial charge on any atom is -0.504 e. The Morgan fingerprint density at radius 3 is 2.45 bits per heavy atom. The summed E-state index contributed by atoms with van der Waals surface area (Å²) in [6, 6.07) is 0. The van der Waals surface area contributed by atoms with E-state index in [1.54, 1.807) is 0 Å². The van der Waals surface area contributed by atoms with Crippen LogP contribution in [-0.4, -0.2) is 5.11 Å². The highest BCUT2D eigenvalue weighted by atomic mass is 16.3.